The molecule has 2 saturated heterocycles. The Hall–Kier alpha value is -6.38. The molecule has 0 bridgehead atoms. The van der Waals surface area contributed by atoms with Crippen LogP contribution in [0.5, 0.6) is 17.2 Å². The van der Waals surface area contributed by atoms with Crippen LogP contribution in [0.3, 0.4) is 0 Å². The molecule has 19 heteroatoms. The van der Waals surface area contributed by atoms with Crippen LogP contribution in [0.2, 0.25) is 0 Å². The standard InChI is InChI=1S/C18H22N2O5.C14H13NO5.C7H8N3O2P.2CH4/c1-17(2,3)25-16(23)19-18-9-13(18)14(21)20(15(18)22)10-11-5-7-12(24-4)8-6-11;1-20-9-4-2-8(3-5-9)7-15-11(16)10-6-14(10,12(15)17)13(18)19;1-13(11,10-9-8)12-7-5-3-2-4-6-7;;/h5-8,13H,9-10H2,1-4H3,(H,19,23);2-5,10H,6-7H2,1H3,(H,18,19);2-6H,1H3;2*1H4. The second-order valence-electron chi connectivity index (χ2n) is 14.9. The number of nitrogens with zero attached hydrogens (tertiary/aromatic N) is 5. The van der Waals surface area contributed by atoms with Gasteiger partial charge in [-0.25, -0.2) is 4.79 Å². The topological polar surface area (TPSA) is 244 Å². The van der Waals surface area contributed by atoms with E-state index in [2.05, 4.69) is 15.1 Å². The number of hydrogen-bond donors (Lipinski definition) is 2. The van der Waals surface area contributed by atoms with E-state index in [4.69, 9.17) is 29.4 Å². The van der Waals surface area contributed by atoms with Gasteiger partial charge in [-0.05, 0) is 86.7 Å². The number of carboxylic acid groups (broad SMARTS) is 1. The third-order valence-electron chi connectivity index (χ3n) is 9.63. The third-order valence-corrected chi connectivity index (χ3v) is 10.6. The lowest BCUT2D eigenvalue weighted by Crippen LogP contribution is -2.48. The lowest BCUT2D eigenvalue weighted by atomic mass is 10.1. The number of piperidine rings is 2. The largest absolute Gasteiger partial charge is 0.497 e. The van der Waals surface area contributed by atoms with Gasteiger partial charge < -0.3 is 29.2 Å². The summed E-state index contributed by atoms with van der Waals surface area (Å²) in [5, 5.41) is 11.7. The average Bonchev–Trinajstić information content (AvgIpc) is 4.07. The fourth-order valence-corrected chi connectivity index (χ4v) is 7.25. The molecule has 0 radical (unpaired) electrons. The van der Waals surface area contributed by atoms with Crippen molar-refractivity contribution in [3.8, 4) is 17.2 Å². The molecule has 4 aliphatic rings. The highest BCUT2D eigenvalue weighted by Gasteiger charge is 2.76. The summed E-state index contributed by atoms with van der Waals surface area (Å²) in [4.78, 5) is 80.3. The van der Waals surface area contributed by atoms with E-state index in [-0.39, 0.29) is 52.1 Å². The third kappa shape index (κ3) is 10.4. The summed E-state index contributed by atoms with van der Waals surface area (Å²) in [7, 11) is -0.0862. The molecule has 322 valence electrons. The Morgan fingerprint density at radius 3 is 1.73 bits per heavy atom. The van der Waals surface area contributed by atoms with Crippen molar-refractivity contribution in [2.75, 3.05) is 20.9 Å². The first kappa shape index (κ1) is 48.0. The Labute approximate surface area is 348 Å². The van der Waals surface area contributed by atoms with Crippen LogP contribution < -0.4 is 19.3 Å². The van der Waals surface area contributed by atoms with Crippen LogP contribution in [0.4, 0.5) is 4.79 Å². The van der Waals surface area contributed by atoms with Crippen LogP contribution >= 0.6 is 7.52 Å². The van der Waals surface area contributed by atoms with Crippen molar-refractivity contribution in [3.63, 3.8) is 0 Å². The quantitative estimate of drug-likeness (QED) is 0.0496. The molecule has 2 heterocycles. The average molecular weight is 851 g/mol. The zero-order valence-electron chi connectivity index (χ0n) is 32.6. The second-order valence-corrected chi connectivity index (χ2v) is 16.9. The molecule has 3 aromatic carbocycles. The summed E-state index contributed by atoms with van der Waals surface area (Å²) in [6, 6.07) is 22.7. The number of nitrogens with one attached hydrogen (secondary N) is 1. The minimum Gasteiger partial charge on any atom is -0.497 e. The molecule has 5 atom stereocenters. The molecular formula is C41H51N6O12P. The Bertz CT molecular complexity index is 2190. The zero-order valence-corrected chi connectivity index (χ0v) is 33.5. The van der Waals surface area contributed by atoms with E-state index < -0.39 is 53.9 Å². The number of likely N-dealkylation sites (tertiary alicyclic amines) is 2. The molecule has 2 aliphatic carbocycles. The maximum absolute atomic E-state index is 12.7. The van der Waals surface area contributed by atoms with Gasteiger partial charge in [0.2, 0.25) is 17.7 Å². The number of carbonyl (C=O) groups excluding carboxylic acids is 5. The first-order valence-electron chi connectivity index (χ1n) is 17.9. The SMILES string of the molecule is C.C.COc1ccc(CN2C(=O)C3CC3(C(=O)O)C2=O)cc1.COc1ccc(CN2C(=O)C3CC3(NC(=O)OC(C)(C)C)C2=O)cc1.CP(=O)(N=[N+]=[N-])Oc1ccccc1. The predicted octanol–water partition coefficient (Wildman–Crippen LogP) is 6.97. The van der Waals surface area contributed by atoms with E-state index in [0.717, 1.165) is 16.0 Å². The summed E-state index contributed by atoms with van der Waals surface area (Å²) in [6.45, 7) is 6.77. The molecule has 7 rings (SSSR count). The van der Waals surface area contributed by atoms with Crippen molar-refractivity contribution in [3.05, 3.63) is 100 Å². The van der Waals surface area contributed by atoms with Gasteiger partial charge in [-0.3, -0.25) is 38.3 Å². The minimum atomic E-state index is -3.21. The Morgan fingerprint density at radius 2 is 1.30 bits per heavy atom. The maximum Gasteiger partial charge on any atom is 0.408 e. The van der Waals surface area contributed by atoms with Gasteiger partial charge in [-0.15, -0.1) is 0 Å². The molecule has 0 aromatic heterocycles. The van der Waals surface area contributed by atoms with Crippen molar-refractivity contribution >= 4 is 43.2 Å². The van der Waals surface area contributed by atoms with E-state index in [1.807, 2.05) is 0 Å². The van der Waals surface area contributed by atoms with Gasteiger partial charge in [0.1, 0.15) is 28.4 Å². The van der Waals surface area contributed by atoms with Crippen LogP contribution in [0, 0.1) is 17.3 Å². The van der Waals surface area contributed by atoms with Crippen molar-refractivity contribution in [1.29, 1.82) is 0 Å². The van der Waals surface area contributed by atoms with Gasteiger partial charge in [0.25, 0.3) is 5.91 Å². The summed E-state index contributed by atoms with van der Waals surface area (Å²) >= 11 is 0. The number of fused-ring (bicyclic) bond motifs is 2. The van der Waals surface area contributed by atoms with E-state index in [0.29, 0.717) is 23.7 Å². The fraction of sp³-hybridized carbons (Fsp3) is 0.415. The number of carboxylic acids is 1. The molecule has 5 unspecified atom stereocenters. The van der Waals surface area contributed by atoms with Crippen molar-refractivity contribution < 1.29 is 57.2 Å². The monoisotopic (exact) mass is 850 g/mol. The number of para-hydroxylation sites is 1. The summed E-state index contributed by atoms with van der Waals surface area (Å²) in [6.07, 6.45) is -0.204. The second kappa shape index (κ2) is 18.7. The number of hydrogen-bond acceptors (Lipinski definition) is 11. The van der Waals surface area contributed by atoms with E-state index in [1.54, 1.807) is 114 Å². The Balaban J connectivity index is 0.000000248. The number of alkyl carbamates (subject to hydrolysis) is 1. The highest BCUT2D eigenvalue weighted by molar-refractivity contribution is 7.56. The smallest absolute Gasteiger partial charge is 0.408 e. The molecule has 2 aliphatic heterocycles. The predicted molar refractivity (Wildman–Crippen MR) is 219 cm³/mol. The molecular weight excluding hydrogens is 799 g/mol. The molecule has 60 heavy (non-hydrogen) atoms. The summed E-state index contributed by atoms with van der Waals surface area (Å²) in [5.74, 6) is -2.15. The van der Waals surface area contributed by atoms with Gasteiger partial charge in [0, 0.05) is 16.5 Å². The highest BCUT2D eigenvalue weighted by atomic mass is 31.2. The minimum absolute atomic E-state index is 0. The van der Waals surface area contributed by atoms with Crippen molar-refractivity contribution in [2.24, 2.45) is 22.1 Å². The van der Waals surface area contributed by atoms with Gasteiger partial charge in [0.05, 0.1) is 39.1 Å². The van der Waals surface area contributed by atoms with E-state index >= 15 is 0 Å². The van der Waals surface area contributed by atoms with Crippen molar-refractivity contribution in [2.45, 2.75) is 72.7 Å². The van der Waals surface area contributed by atoms with Gasteiger partial charge in [-0.2, -0.15) is 0 Å². The summed E-state index contributed by atoms with van der Waals surface area (Å²) < 4.78 is 31.7. The van der Waals surface area contributed by atoms with Gasteiger partial charge >= 0.3 is 19.6 Å². The first-order chi connectivity index (χ1) is 27.3. The Morgan fingerprint density at radius 1 is 0.817 bits per heavy atom. The highest BCUT2D eigenvalue weighted by Crippen LogP contribution is 2.59. The van der Waals surface area contributed by atoms with Gasteiger partial charge in [-0.1, -0.05) is 57.3 Å². The van der Waals surface area contributed by atoms with Gasteiger partial charge in [0.15, 0.2) is 5.41 Å². The van der Waals surface area contributed by atoms with Crippen LogP contribution in [-0.4, -0.2) is 82.6 Å². The number of benzene rings is 3. The number of rotatable bonds is 11. The first-order valence-corrected chi connectivity index (χ1v) is 19.9. The molecule has 3 aromatic rings. The molecule has 2 saturated carbocycles. The van der Waals surface area contributed by atoms with E-state index in [9.17, 15) is 33.3 Å². The van der Waals surface area contributed by atoms with Crippen LogP contribution in [-0.2, 0) is 46.4 Å². The van der Waals surface area contributed by atoms with Crippen LogP contribution in [0.1, 0.15) is 59.6 Å². The molecule has 5 amide bonds. The maximum atomic E-state index is 12.7. The lowest BCUT2D eigenvalue weighted by molar-refractivity contribution is -0.152. The molecule has 2 N–H and O–H groups in total. The van der Waals surface area contributed by atoms with Crippen LogP contribution in [0.15, 0.2) is 83.7 Å². The normalized spacial score (nSPS) is 22.5. The van der Waals surface area contributed by atoms with Crippen molar-refractivity contribution in [1.82, 2.24) is 15.1 Å². The number of ether oxygens (including phenoxy) is 3. The molecule has 18 nitrogen and oxygen atoms in total. The lowest BCUT2D eigenvalue weighted by Gasteiger charge is -2.23. The number of amides is 5. The number of carbonyl (C=O) groups is 6. The molecule has 0 spiro atoms. The molecule has 4 fully saturated rings. The number of imide groups is 2. The summed E-state index contributed by atoms with van der Waals surface area (Å²) in [5.41, 5.74) is 6.38. The number of aliphatic carboxylic acids is 1. The fourth-order valence-electron chi connectivity index (χ4n) is 6.55. The number of azide groups is 1. The Kier molecular flexibility index (Phi) is 14.9. The van der Waals surface area contributed by atoms with E-state index in [1.165, 1.54) is 11.6 Å². The zero-order chi connectivity index (χ0) is 42.6. The van der Waals surface area contributed by atoms with Crippen LogP contribution in [0.25, 0.3) is 10.4 Å². The number of methoxy groups -OCH3 is 2.